The Balaban J connectivity index is 1.56. The summed E-state index contributed by atoms with van der Waals surface area (Å²) in [5.74, 6) is -1.07. The van der Waals surface area contributed by atoms with Gasteiger partial charge in [0.2, 0.25) is 5.91 Å². The molecule has 4 aromatic rings. The molecule has 0 saturated carbocycles. The number of anilines is 1. The number of hydrogen-bond donors (Lipinski definition) is 1. The Hall–Kier alpha value is -3.43. The largest absolute Gasteiger partial charge is 0.417 e. The highest BCUT2D eigenvalue weighted by molar-refractivity contribution is 7.13. The molecule has 0 aliphatic rings. The van der Waals surface area contributed by atoms with Gasteiger partial charge in [0.05, 0.1) is 38.8 Å². The van der Waals surface area contributed by atoms with Crippen molar-refractivity contribution in [2.24, 2.45) is 0 Å². The zero-order valence-corrected chi connectivity index (χ0v) is 19.3. The van der Waals surface area contributed by atoms with Crippen molar-refractivity contribution in [3.8, 4) is 10.6 Å². The van der Waals surface area contributed by atoms with E-state index in [0.29, 0.717) is 22.2 Å². The molecule has 2 aromatic carbocycles. The van der Waals surface area contributed by atoms with Crippen LogP contribution < -0.4 is 5.32 Å². The highest BCUT2D eigenvalue weighted by Crippen LogP contribution is 2.36. The molecular weight excluding hydrogens is 487 g/mol. The predicted molar refractivity (Wildman–Crippen MR) is 127 cm³/mol. The maximum atomic E-state index is 13.3. The number of pyridine rings is 1. The summed E-state index contributed by atoms with van der Waals surface area (Å²) in [5.41, 5.74) is 0.513. The first-order chi connectivity index (χ1) is 16.1. The molecule has 0 spiro atoms. The summed E-state index contributed by atoms with van der Waals surface area (Å²) in [5, 5.41) is 4.46. The molecule has 1 N–H and O–H groups in total. The number of nitrogens with zero attached hydrogens (tertiary/aromatic N) is 2. The monoisotopic (exact) mass is 503 g/mol. The summed E-state index contributed by atoms with van der Waals surface area (Å²) in [6.07, 6.45) is -4.66. The van der Waals surface area contributed by atoms with Gasteiger partial charge in [0.25, 0.3) is 5.91 Å². The number of alkyl halides is 3. The van der Waals surface area contributed by atoms with Crippen LogP contribution in [0.3, 0.4) is 0 Å². The molecule has 34 heavy (non-hydrogen) atoms. The third kappa shape index (κ3) is 5.05. The lowest BCUT2D eigenvalue weighted by Crippen LogP contribution is -2.35. The Labute approximate surface area is 201 Å². The van der Waals surface area contributed by atoms with Gasteiger partial charge in [-0.1, -0.05) is 35.9 Å². The molecule has 0 aliphatic carbocycles. The first-order valence-electron chi connectivity index (χ1n) is 9.99. The molecule has 0 atom stereocenters. The molecule has 2 heterocycles. The molecule has 0 saturated heterocycles. The minimum Gasteiger partial charge on any atom is -0.332 e. The van der Waals surface area contributed by atoms with E-state index < -0.39 is 28.6 Å². The van der Waals surface area contributed by atoms with Crippen LogP contribution in [-0.2, 0) is 11.0 Å². The third-order valence-electron chi connectivity index (χ3n) is 5.00. The van der Waals surface area contributed by atoms with E-state index in [1.54, 1.807) is 24.3 Å². The van der Waals surface area contributed by atoms with Gasteiger partial charge in [0.1, 0.15) is 0 Å². The second-order valence-corrected chi connectivity index (χ2v) is 8.81. The summed E-state index contributed by atoms with van der Waals surface area (Å²) >= 11 is 7.11. The summed E-state index contributed by atoms with van der Waals surface area (Å²) in [4.78, 5) is 32.5. The van der Waals surface area contributed by atoms with Crippen LogP contribution in [0.2, 0.25) is 5.02 Å². The summed E-state index contributed by atoms with van der Waals surface area (Å²) in [7, 11) is 1.45. The molecule has 2 aromatic heterocycles. The highest BCUT2D eigenvalue weighted by atomic mass is 35.5. The van der Waals surface area contributed by atoms with Crippen LogP contribution in [0.5, 0.6) is 0 Å². The van der Waals surface area contributed by atoms with Crippen LogP contribution in [0.25, 0.3) is 21.5 Å². The Morgan fingerprint density at radius 2 is 1.85 bits per heavy atom. The van der Waals surface area contributed by atoms with Gasteiger partial charge in [0.15, 0.2) is 0 Å². The Morgan fingerprint density at radius 3 is 2.56 bits per heavy atom. The molecule has 10 heteroatoms. The predicted octanol–water partition coefficient (Wildman–Crippen LogP) is 6.35. The van der Waals surface area contributed by atoms with Gasteiger partial charge in [-0.3, -0.25) is 9.59 Å². The van der Waals surface area contributed by atoms with E-state index in [1.807, 2.05) is 23.6 Å². The van der Waals surface area contributed by atoms with Crippen LogP contribution in [-0.4, -0.2) is 35.3 Å². The lowest BCUT2D eigenvalue weighted by molar-refractivity contribution is -0.137. The average Bonchev–Trinajstić information content (AvgIpc) is 3.33. The van der Waals surface area contributed by atoms with E-state index in [2.05, 4.69) is 10.3 Å². The number of aromatic nitrogens is 1. The Morgan fingerprint density at radius 1 is 1.09 bits per heavy atom. The molecule has 0 aliphatic heterocycles. The minimum atomic E-state index is -4.66. The average molecular weight is 504 g/mol. The number of benzene rings is 2. The molecule has 4 rings (SSSR count). The zero-order valence-electron chi connectivity index (χ0n) is 17.7. The number of para-hydroxylation sites is 1. The van der Waals surface area contributed by atoms with E-state index in [0.717, 1.165) is 17.0 Å². The van der Waals surface area contributed by atoms with Crippen LogP contribution in [0.4, 0.5) is 18.9 Å². The van der Waals surface area contributed by atoms with Crippen molar-refractivity contribution in [1.29, 1.82) is 0 Å². The quantitative estimate of drug-likeness (QED) is 0.345. The molecule has 0 bridgehead atoms. The standard InChI is InChI=1S/C24H17ClF3N3O2S/c1-31(13-22(32)29-14-8-9-18(25)17(11-14)24(26,27)28)23(33)16-12-20(21-7-4-10-34-21)30-19-6-3-2-5-15(16)19/h2-12H,13H2,1H3,(H,29,32). The molecule has 0 fully saturated rings. The summed E-state index contributed by atoms with van der Waals surface area (Å²) < 4.78 is 39.2. The molecule has 0 unspecified atom stereocenters. The van der Waals surface area contributed by atoms with Crippen molar-refractivity contribution >= 4 is 51.3 Å². The second-order valence-electron chi connectivity index (χ2n) is 7.45. The van der Waals surface area contributed by atoms with Crippen molar-refractivity contribution in [2.75, 3.05) is 18.9 Å². The van der Waals surface area contributed by atoms with Crippen LogP contribution in [0.1, 0.15) is 15.9 Å². The highest BCUT2D eigenvalue weighted by Gasteiger charge is 2.33. The van der Waals surface area contributed by atoms with Gasteiger partial charge in [-0.05, 0) is 41.8 Å². The third-order valence-corrected chi connectivity index (χ3v) is 6.23. The maximum absolute atomic E-state index is 13.3. The summed E-state index contributed by atoms with van der Waals surface area (Å²) in [6, 6.07) is 15.7. The first-order valence-corrected chi connectivity index (χ1v) is 11.2. The maximum Gasteiger partial charge on any atom is 0.417 e. The van der Waals surface area contributed by atoms with Crippen molar-refractivity contribution in [1.82, 2.24) is 9.88 Å². The fourth-order valence-electron chi connectivity index (χ4n) is 3.42. The second kappa shape index (κ2) is 9.44. The number of fused-ring (bicyclic) bond motifs is 1. The van der Waals surface area contributed by atoms with E-state index in [4.69, 9.17) is 11.6 Å². The van der Waals surface area contributed by atoms with Crippen molar-refractivity contribution in [3.05, 3.63) is 82.2 Å². The number of nitrogens with one attached hydrogen (secondary N) is 1. The first kappa shape index (κ1) is 23.7. The van der Waals surface area contributed by atoms with Gasteiger partial charge in [0, 0.05) is 18.1 Å². The number of likely N-dealkylation sites (N-methyl/N-ethyl adjacent to an activating group) is 1. The van der Waals surface area contributed by atoms with Gasteiger partial charge in [-0.25, -0.2) is 4.98 Å². The van der Waals surface area contributed by atoms with E-state index in [1.165, 1.54) is 29.4 Å². The normalized spacial score (nSPS) is 11.4. The van der Waals surface area contributed by atoms with Crippen molar-refractivity contribution in [2.45, 2.75) is 6.18 Å². The van der Waals surface area contributed by atoms with E-state index in [9.17, 15) is 22.8 Å². The Bertz CT molecular complexity index is 1370. The van der Waals surface area contributed by atoms with E-state index >= 15 is 0 Å². The number of carbonyl (C=O) groups excluding carboxylic acids is 2. The number of halogens is 4. The van der Waals surface area contributed by atoms with Crippen molar-refractivity contribution < 1.29 is 22.8 Å². The van der Waals surface area contributed by atoms with Crippen LogP contribution in [0.15, 0.2) is 66.0 Å². The molecule has 2 amide bonds. The lowest BCUT2D eigenvalue weighted by atomic mass is 10.1. The van der Waals surface area contributed by atoms with Gasteiger partial charge >= 0.3 is 6.18 Å². The van der Waals surface area contributed by atoms with Crippen molar-refractivity contribution in [3.63, 3.8) is 0 Å². The summed E-state index contributed by atoms with van der Waals surface area (Å²) in [6.45, 7) is -0.367. The minimum absolute atomic E-state index is 0.0723. The number of rotatable bonds is 5. The number of thiophene rings is 1. The fourth-order valence-corrected chi connectivity index (χ4v) is 4.33. The van der Waals surface area contributed by atoms with Gasteiger partial charge < -0.3 is 10.2 Å². The molecular formula is C24H17ClF3N3O2S. The fraction of sp³-hybridized carbons (Fsp3) is 0.125. The number of carbonyl (C=O) groups is 2. The number of hydrogen-bond acceptors (Lipinski definition) is 4. The van der Waals surface area contributed by atoms with E-state index in [-0.39, 0.29) is 12.2 Å². The van der Waals surface area contributed by atoms with Crippen LogP contribution >= 0.6 is 22.9 Å². The van der Waals surface area contributed by atoms with Gasteiger partial charge in [-0.2, -0.15) is 13.2 Å². The topological polar surface area (TPSA) is 62.3 Å². The molecule has 5 nitrogen and oxygen atoms in total. The van der Waals surface area contributed by atoms with Gasteiger partial charge in [-0.15, -0.1) is 11.3 Å². The number of amides is 2. The molecule has 174 valence electrons. The zero-order chi connectivity index (χ0) is 24.5. The smallest absolute Gasteiger partial charge is 0.332 e. The Kier molecular flexibility index (Phi) is 6.58. The SMILES string of the molecule is CN(CC(=O)Nc1ccc(Cl)c(C(F)(F)F)c1)C(=O)c1cc(-c2cccs2)nc2ccccc12. The lowest BCUT2D eigenvalue weighted by Gasteiger charge is -2.19. The van der Waals surface area contributed by atoms with Crippen LogP contribution in [0, 0.1) is 0 Å². The molecule has 0 radical (unpaired) electrons.